The summed E-state index contributed by atoms with van der Waals surface area (Å²) in [4.78, 5) is 2.40. The Kier molecular flexibility index (Phi) is 4.45. The molecular formula is C17H21NO. The molecule has 0 aliphatic rings. The largest absolute Gasteiger partial charge is 0.508 e. The Morgan fingerprint density at radius 2 is 1.63 bits per heavy atom. The van der Waals surface area contributed by atoms with Gasteiger partial charge in [0.05, 0.1) is 0 Å². The highest BCUT2D eigenvalue weighted by Gasteiger charge is 2.13. The van der Waals surface area contributed by atoms with Crippen LogP contribution in [-0.2, 0) is 6.42 Å². The zero-order valence-electron chi connectivity index (χ0n) is 11.6. The van der Waals surface area contributed by atoms with Crippen LogP contribution in [0.25, 0.3) is 0 Å². The summed E-state index contributed by atoms with van der Waals surface area (Å²) in [5, 5.41) is 9.31. The molecule has 2 nitrogen and oxygen atoms in total. The predicted molar refractivity (Wildman–Crippen MR) is 80.7 cm³/mol. The Hall–Kier alpha value is -1.96. The molecule has 0 spiro atoms. The Balaban J connectivity index is 2.09. The van der Waals surface area contributed by atoms with E-state index in [0.717, 1.165) is 13.0 Å². The van der Waals surface area contributed by atoms with Crippen molar-refractivity contribution >= 4 is 5.69 Å². The highest BCUT2D eigenvalue weighted by molar-refractivity contribution is 5.47. The molecule has 0 heterocycles. The molecule has 0 saturated carbocycles. The molecular weight excluding hydrogens is 234 g/mol. The molecule has 1 N–H and O–H groups in total. The van der Waals surface area contributed by atoms with E-state index < -0.39 is 0 Å². The van der Waals surface area contributed by atoms with Crippen molar-refractivity contribution in [2.75, 3.05) is 11.4 Å². The second-order valence-corrected chi connectivity index (χ2v) is 4.84. The van der Waals surface area contributed by atoms with Gasteiger partial charge in [0.15, 0.2) is 0 Å². The second-order valence-electron chi connectivity index (χ2n) is 4.84. The van der Waals surface area contributed by atoms with Gasteiger partial charge in [0.1, 0.15) is 5.75 Å². The van der Waals surface area contributed by atoms with Gasteiger partial charge in [-0.1, -0.05) is 30.3 Å². The first-order chi connectivity index (χ1) is 9.20. The summed E-state index contributed by atoms with van der Waals surface area (Å²) < 4.78 is 0. The minimum atomic E-state index is 0.326. The Morgan fingerprint density at radius 1 is 1.00 bits per heavy atom. The smallest absolute Gasteiger partial charge is 0.115 e. The third kappa shape index (κ3) is 3.50. The summed E-state index contributed by atoms with van der Waals surface area (Å²) in [5.74, 6) is 0.326. The van der Waals surface area contributed by atoms with E-state index in [-0.39, 0.29) is 0 Å². The molecule has 0 fully saturated rings. The molecule has 0 aliphatic carbocycles. The number of phenols is 1. The van der Waals surface area contributed by atoms with E-state index in [0.29, 0.717) is 11.8 Å². The molecule has 0 amide bonds. The molecule has 2 aromatic carbocycles. The maximum Gasteiger partial charge on any atom is 0.115 e. The van der Waals surface area contributed by atoms with Crippen molar-refractivity contribution in [3.05, 3.63) is 60.2 Å². The van der Waals surface area contributed by atoms with Gasteiger partial charge in [0.25, 0.3) is 0 Å². The topological polar surface area (TPSA) is 23.5 Å². The molecule has 0 radical (unpaired) electrons. The number of likely N-dealkylation sites (N-methyl/N-ethyl adjacent to an activating group) is 1. The third-order valence-corrected chi connectivity index (χ3v) is 3.43. The lowest BCUT2D eigenvalue weighted by Gasteiger charge is -2.30. The SMILES string of the molecule is CCN(c1ccccc1)C(C)Cc1ccc(O)cc1. The Labute approximate surface area is 115 Å². The lowest BCUT2D eigenvalue weighted by molar-refractivity contribution is 0.475. The zero-order valence-corrected chi connectivity index (χ0v) is 11.6. The molecule has 2 aromatic rings. The van der Waals surface area contributed by atoms with Gasteiger partial charge in [0.2, 0.25) is 0 Å². The fourth-order valence-corrected chi connectivity index (χ4v) is 2.45. The standard InChI is InChI=1S/C17H21NO/c1-3-18(16-7-5-4-6-8-16)14(2)13-15-9-11-17(19)12-10-15/h4-12,14,19H,3,13H2,1-2H3. The molecule has 1 atom stereocenters. The van der Waals surface area contributed by atoms with Crippen LogP contribution in [0.2, 0.25) is 0 Å². The summed E-state index contributed by atoms with van der Waals surface area (Å²) in [7, 11) is 0. The number of rotatable bonds is 5. The van der Waals surface area contributed by atoms with Crippen LogP contribution in [0.4, 0.5) is 5.69 Å². The van der Waals surface area contributed by atoms with E-state index in [9.17, 15) is 5.11 Å². The van der Waals surface area contributed by atoms with Crippen molar-refractivity contribution in [1.29, 1.82) is 0 Å². The van der Waals surface area contributed by atoms with E-state index in [2.05, 4.69) is 43.0 Å². The number of para-hydroxylation sites is 1. The van der Waals surface area contributed by atoms with Crippen molar-refractivity contribution < 1.29 is 5.11 Å². The van der Waals surface area contributed by atoms with Gasteiger partial charge in [-0.3, -0.25) is 0 Å². The molecule has 0 saturated heterocycles. The quantitative estimate of drug-likeness (QED) is 0.877. The van der Waals surface area contributed by atoms with Crippen LogP contribution in [0.1, 0.15) is 19.4 Å². The number of anilines is 1. The summed E-state index contributed by atoms with van der Waals surface area (Å²) in [5.41, 5.74) is 2.51. The first-order valence-corrected chi connectivity index (χ1v) is 6.80. The molecule has 19 heavy (non-hydrogen) atoms. The maximum atomic E-state index is 9.31. The number of benzene rings is 2. The van der Waals surface area contributed by atoms with Gasteiger partial charge in [-0.25, -0.2) is 0 Å². The fraction of sp³-hybridized carbons (Fsp3) is 0.294. The van der Waals surface area contributed by atoms with Crippen LogP contribution in [0.15, 0.2) is 54.6 Å². The molecule has 0 aromatic heterocycles. The van der Waals surface area contributed by atoms with E-state index in [1.54, 1.807) is 12.1 Å². The van der Waals surface area contributed by atoms with Gasteiger partial charge in [0, 0.05) is 18.3 Å². The van der Waals surface area contributed by atoms with Gasteiger partial charge >= 0.3 is 0 Å². The molecule has 0 aliphatic heterocycles. The number of aromatic hydroxyl groups is 1. The highest BCUT2D eigenvalue weighted by Crippen LogP contribution is 2.19. The highest BCUT2D eigenvalue weighted by atomic mass is 16.3. The average Bonchev–Trinajstić information content (AvgIpc) is 2.43. The van der Waals surface area contributed by atoms with Crippen LogP contribution in [-0.4, -0.2) is 17.7 Å². The third-order valence-electron chi connectivity index (χ3n) is 3.43. The van der Waals surface area contributed by atoms with Crippen LogP contribution >= 0.6 is 0 Å². The van der Waals surface area contributed by atoms with Crippen molar-refractivity contribution in [3.63, 3.8) is 0 Å². The van der Waals surface area contributed by atoms with Crippen molar-refractivity contribution in [1.82, 2.24) is 0 Å². The predicted octanol–water partition coefficient (Wildman–Crippen LogP) is 3.85. The molecule has 0 bridgehead atoms. The van der Waals surface area contributed by atoms with Crippen LogP contribution < -0.4 is 4.90 Å². The normalized spacial score (nSPS) is 12.1. The molecule has 2 rings (SSSR count). The Bertz CT molecular complexity index is 492. The van der Waals surface area contributed by atoms with Gasteiger partial charge < -0.3 is 10.0 Å². The minimum Gasteiger partial charge on any atom is -0.508 e. The van der Waals surface area contributed by atoms with Gasteiger partial charge in [-0.2, -0.15) is 0 Å². The van der Waals surface area contributed by atoms with Crippen LogP contribution in [0.5, 0.6) is 5.75 Å². The summed E-state index contributed by atoms with van der Waals surface area (Å²) in [6, 6.07) is 18.4. The van der Waals surface area contributed by atoms with E-state index in [1.165, 1.54) is 11.3 Å². The summed E-state index contributed by atoms with van der Waals surface area (Å²) in [6.45, 7) is 5.41. The number of hydrogen-bond donors (Lipinski definition) is 1. The van der Waals surface area contributed by atoms with E-state index >= 15 is 0 Å². The number of phenolic OH excluding ortho intramolecular Hbond substituents is 1. The molecule has 100 valence electrons. The van der Waals surface area contributed by atoms with Gasteiger partial charge in [-0.15, -0.1) is 0 Å². The van der Waals surface area contributed by atoms with Crippen molar-refractivity contribution in [2.24, 2.45) is 0 Å². The van der Waals surface area contributed by atoms with Crippen molar-refractivity contribution in [2.45, 2.75) is 26.3 Å². The second kappa shape index (κ2) is 6.28. The molecule has 2 heteroatoms. The van der Waals surface area contributed by atoms with Crippen molar-refractivity contribution in [3.8, 4) is 5.75 Å². The number of hydrogen-bond acceptors (Lipinski definition) is 2. The fourth-order valence-electron chi connectivity index (χ4n) is 2.45. The van der Waals surface area contributed by atoms with Crippen LogP contribution in [0, 0.1) is 0 Å². The van der Waals surface area contributed by atoms with Gasteiger partial charge in [-0.05, 0) is 50.1 Å². The number of nitrogens with zero attached hydrogens (tertiary/aromatic N) is 1. The molecule has 1 unspecified atom stereocenters. The zero-order chi connectivity index (χ0) is 13.7. The van der Waals surface area contributed by atoms with Crippen LogP contribution in [0.3, 0.4) is 0 Å². The maximum absolute atomic E-state index is 9.31. The minimum absolute atomic E-state index is 0.326. The summed E-state index contributed by atoms with van der Waals surface area (Å²) in [6.07, 6.45) is 0.975. The first kappa shape index (κ1) is 13.5. The lowest BCUT2D eigenvalue weighted by Crippen LogP contribution is -2.34. The average molecular weight is 255 g/mol. The van der Waals surface area contributed by atoms with E-state index in [1.807, 2.05) is 18.2 Å². The lowest BCUT2D eigenvalue weighted by atomic mass is 10.1. The first-order valence-electron chi connectivity index (χ1n) is 6.80. The monoisotopic (exact) mass is 255 g/mol. The Morgan fingerprint density at radius 3 is 2.21 bits per heavy atom. The van der Waals surface area contributed by atoms with E-state index in [4.69, 9.17) is 0 Å². The summed E-state index contributed by atoms with van der Waals surface area (Å²) >= 11 is 0.